The minimum absolute atomic E-state index is 0.0265. The van der Waals surface area contributed by atoms with E-state index in [0.717, 1.165) is 5.39 Å². The summed E-state index contributed by atoms with van der Waals surface area (Å²) < 4.78 is 28.2. The van der Waals surface area contributed by atoms with Crippen LogP contribution in [0.2, 0.25) is 5.02 Å². The van der Waals surface area contributed by atoms with Crippen molar-refractivity contribution in [3.05, 3.63) is 41.4 Å². The Labute approximate surface area is 193 Å². The van der Waals surface area contributed by atoms with Gasteiger partial charge in [-0.2, -0.15) is 4.72 Å². The van der Waals surface area contributed by atoms with E-state index in [1.54, 1.807) is 31.2 Å². The molecule has 2 aromatic rings. The predicted molar refractivity (Wildman–Crippen MR) is 122 cm³/mol. The molecule has 1 heterocycles. The van der Waals surface area contributed by atoms with E-state index in [1.165, 1.54) is 17.0 Å². The topological polar surface area (TPSA) is 116 Å². The van der Waals surface area contributed by atoms with Crippen LogP contribution in [0.25, 0.3) is 10.8 Å². The summed E-state index contributed by atoms with van der Waals surface area (Å²) >= 11 is 5.97. The third kappa shape index (κ3) is 5.58. The lowest BCUT2D eigenvalue weighted by molar-refractivity contribution is -0.140. The second-order valence-electron chi connectivity index (χ2n) is 8.43. The average molecular weight is 482 g/mol. The maximum Gasteiger partial charge on any atom is 0.242 e. The van der Waals surface area contributed by atoms with Crippen molar-refractivity contribution >= 4 is 44.2 Å². The van der Waals surface area contributed by atoms with E-state index in [1.807, 2.05) is 13.8 Å². The van der Waals surface area contributed by atoms with Gasteiger partial charge in [0.1, 0.15) is 12.3 Å². The lowest BCUT2D eigenvalue weighted by Crippen LogP contribution is -2.46. The van der Waals surface area contributed by atoms with Crippen LogP contribution < -0.4 is 10.0 Å². The van der Waals surface area contributed by atoms with Gasteiger partial charge >= 0.3 is 0 Å². The van der Waals surface area contributed by atoms with Gasteiger partial charge in [0.15, 0.2) is 0 Å². The SMILES string of the molecule is CC(C)NC(=O)[C@@H](C)CC(O)N1CC[C@H](NS(=O)(=O)c2ccc3cc(Cl)ccc3c2)C1=O. The van der Waals surface area contributed by atoms with Crippen molar-refractivity contribution in [2.75, 3.05) is 6.54 Å². The average Bonchev–Trinajstić information content (AvgIpc) is 3.06. The van der Waals surface area contributed by atoms with Gasteiger partial charge in [0, 0.05) is 29.9 Å². The van der Waals surface area contributed by atoms with Gasteiger partial charge < -0.3 is 15.3 Å². The Hall–Kier alpha value is -2.20. The molecule has 2 amide bonds. The van der Waals surface area contributed by atoms with Gasteiger partial charge in [0.05, 0.1) is 4.90 Å². The summed E-state index contributed by atoms with van der Waals surface area (Å²) in [5, 5.41) is 15.3. The minimum atomic E-state index is -3.95. The summed E-state index contributed by atoms with van der Waals surface area (Å²) in [6.45, 7) is 5.55. The Morgan fingerprint density at radius 3 is 2.53 bits per heavy atom. The Bertz CT molecular complexity index is 1120. The molecule has 1 aliphatic rings. The molecule has 1 saturated heterocycles. The summed E-state index contributed by atoms with van der Waals surface area (Å²) in [5.41, 5.74) is 0. The summed E-state index contributed by atoms with van der Waals surface area (Å²) in [4.78, 5) is 26.1. The van der Waals surface area contributed by atoms with Gasteiger partial charge in [-0.05, 0) is 55.3 Å². The second kappa shape index (κ2) is 9.74. The molecule has 0 bridgehead atoms. The molecule has 0 radical (unpaired) electrons. The third-order valence-corrected chi connectivity index (χ3v) is 7.13. The van der Waals surface area contributed by atoms with E-state index in [4.69, 9.17) is 11.6 Å². The number of hydrogen-bond donors (Lipinski definition) is 3. The lowest BCUT2D eigenvalue weighted by Gasteiger charge is -2.26. The number of carbonyl (C=O) groups excluding carboxylic acids is 2. The molecular weight excluding hydrogens is 454 g/mol. The fraction of sp³-hybridized carbons (Fsp3) is 0.455. The van der Waals surface area contributed by atoms with Crippen molar-refractivity contribution in [2.45, 2.75) is 56.8 Å². The molecule has 10 heteroatoms. The molecule has 0 saturated carbocycles. The van der Waals surface area contributed by atoms with Crippen LogP contribution in [0.4, 0.5) is 0 Å². The first-order valence-corrected chi connectivity index (χ1v) is 12.3. The Balaban J connectivity index is 1.66. The molecule has 0 spiro atoms. The van der Waals surface area contributed by atoms with E-state index in [-0.39, 0.29) is 36.2 Å². The fourth-order valence-electron chi connectivity index (χ4n) is 3.70. The van der Waals surface area contributed by atoms with E-state index < -0.39 is 34.1 Å². The third-order valence-electron chi connectivity index (χ3n) is 5.42. The Kier molecular flexibility index (Phi) is 7.44. The highest BCUT2D eigenvalue weighted by atomic mass is 35.5. The number of aliphatic hydroxyl groups is 1. The maximum atomic E-state index is 12.9. The van der Waals surface area contributed by atoms with Crippen molar-refractivity contribution in [3.8, 4) is 0 Å². The number of nitrogens with one attached hydrogen (secondary N) is 2. The quantitative estimate of drug-likeness (QED) is 0.534. The molecule has 3 N–H and O–H groups in total. The lowest BCUT2D eigenvalue weighted by atomic mass is 10.1. The minimum Gasteiger partial charge on any atom is -0.373 e. The van der Waals surface area contributed by atoms with Gasteiger partial charge in [0.2, 0.25) is 21.8 Å². The van der Waals surface area contributed by atoms with Crippen LogP contribution in [-0.2, 0) is 19.6 Å². The van der Waals surface area contributed by atoms with Crippen LogP contribution in [0.1, 0.15) is 33.6 Å². The Morgan fingerprint density at radius 2 is 1.84 bits per heavy atom. The van der Waals surface area contributed by atoms with Gasteiger partial charge in [-0.3, -0.25) is 9.59 Å². The molecule has 1 unspecified atom stereocenters. The number of rotatable bonds is 8. The molecule has 1 fully saturated rings. The number of carbonyl (C=O) groups is 2. The fourth-order valence-corrected chi connectivity index (χ4v) is 5.14. The summed E-state index contributed by atoms with van der Waals surface area (Å²) in [7, 11) is -3.95. The van der Waals surface area contributed by atoms with E-state index in [0.29, 0.717) is 10.4 Å². The van der Waals surface area contributed by atoms with Crippen molar-refractivity contribution in [2.24, 2.45) is 5.92 Å². The van der Waals surface area contributed by atoms with E-state index in [9.17, 15) is 23.1 Å². The number of sulfonamides is 1. The van der Waals surface area contributed by atoms with E-state index >= 15 is 0 Å². The molecule has 3 atom stereocenters. The number of amides is 2. The molecule has 32 heavy (non-hydrogen) atoms. The number of benzene rings is 2. The second-order valence-corrected chi connectivity index (χ2v) is 10.6. The van der Waals surface area contributed by atoms with Crippen LogP contribution in [0.3, 0.4) is 0 Å². The highest BCUT2D eigenvalue weighted by molar-refractivity contribution is 7.89. The highest BCUT2D eigenvalue weighted by Crippen LogP contribution is 2.24. The highest BCUT2D eigenvalue weighted by Gasteiger charge is 2.38. The molecule has 3 rings (SSSR count). The molecular formula is C22H28ClN3O5S. The molecule has 0 aliphatic carbocycles. The van der Waals surface area contributed by atoms with Crippen LogP contribution in [0.15, 0.2) is 41.3 Å². The van der Waals surface area contributed by atoms with E-state index in [2.05, 4.69) is 10.0 Å². The Morgan fingerprint density at radius 1 is 1.19 bits per heavy atom. The smallest absolute Gasteiger partial charge is 0.242 e. The van der Waals surface area contributed by atoms with Gasteiger partial charge in [0.25, 0.3) is 0 Å². The largest absolute Gasteiger partial charge is 0.373 e. The summed E-state index contributed by atoms with van der Waals surface area (Å²) in [6.07, 6.45) is -0.877. The molecule has 174 valence electrons. The standard InChI is InChI=1S/C22H28ClN3O5S/c1-13(2)24-21(28)14(3)10-20(27)26-9-8-19(22(26)29)25-32(30,31)18-7-5-15-11-17(23)6-4-16(15)12-18/h4-7,11-14,19-20,25,27H,8-10H2,1-3H3,(H,24,28)/t14-,19-,20?/m0/s1. The zero-order valence-corrected chi connectivity index (χ0v) is 19.8. The molecule has 0 aromatic heterocycles. The molecule has 8 nitrogen and oxygen atoms in total. The van der Waals surface area contributed by atoms with Gasteiger partial charge in [-0.15, -0.1) is 0 Å². The van der Waals surface area contributed by atoms with Crippen molar-refractivity contribution in [1.29, 1.82) is 0 Å². The molecule has 1 aliphatic heterocycles. The first kappa shape index (κ1) is 24.4. The number of halogens is 1. The molecule has 2 aromatic carbocycles. The number of hydrogen-bond acceptors (Lipinski definition) is 5. The van der Waals surface area contributed by atoms with Gasteiger partial charge in [-0.1, -0.05) is 30.7 Å². The van der Waals surface area contributed by atoms with Crippen LogP contribution in [-0.4, -0.2) is 55.1 Å². The van der Waals surface area contributed by atoms with Crippen LogP contribution >= 0.6 is 11.6 Å². The van der Waals surface area contributed by atoms with Crippen molar-refractivity contribution in [1.82, 2.24) is 14.9 Å². The van der Waals surface area contributed by atoms with Crippen molar-refractivity contribution < 1.29 is 23.1 Å². The van der Waals surface area contributed by atoms with Gasteiger partial charge in [-0.25, -0.2) is 8.42 Å². The van der Waals surface area contributed by atoms with Crippen LogP contribution in [0.5, 0.6) is 0 Å². The monoisotopic (exact) mass is 481 g/mol. The first-order valence-electron chi connectivity index (χ1n) is 10.5. The predicted octanol–water partition coefficient (Wildman–Crippen LogP) is 2.24. The number of aliphatic hydroxyl groups excluding tert-OH is 1. The first-order chi connectivity index (χ1) is 15.0. The van der Waals surface area contributed by atoms with Crippen LogP contribution in [0, 0.1) is 5.92 Å². The number of likely N-dealkylation sites (tertiary alicyclic amines) is 1. The normalized spacial score (nSPS) is 18.9. The van der Waals surface area contributed by atoms with Crippen molar-refractivity contribution in [3.63, 3.8) is 0 Å². The zero-order chi connectivity index (χ0) is 23.6. The maximum absolute atomic E-state index is 12.9. The summed E-state index contributed by atoms with van der Waals surface area (Å²) in [6, 6.07) is 8.78. The summed E-state index contributed by atoms with van der Waals surface area (Å²) in [5.74, 6) is -1.22. The number of nitrogens with zero attached hydrogens (tertiary/aromatic N) is 1. The zero-order valence-electron chi connectivity index (χ0n) is 18.2. The number of fused-ring (bicyclic) bond motifs is 1.